The molecule has 0 bridgehead atoms. The molecular formula is C21H24N2O. The number of nitrogens with zero attached hydrogens (tertiary/aromatic N) is 2. The van der Waals surface area contributed by atoms with Crippen molar-refractivity contribution in [3.05, 3.63) is 76.7 Å². The number of aromatic nitrogens is 1. The fourth-order valence-electron chi connectivity index (χ4n) is 2.71. The molecule has 3 heteroatoms. The Balaban J connectivity index is 1.70. The lowest BCUT2D eigenvalue weighted by molar-refractivity contribution is 0.313. The van der Waals surface area contributed by atoms with Crippen molar-refractivity contribution in [1.82, 2.24) is 9.88 Å². The zero-order chi connectivity index (χ0) is 17.1. The van der Waals surface area contributed by atoms with E-state index in [-0.39, 0.29) is 0 Å². The van der Waals surface area contributed by atoms with E-state index >= 15 is 0 Å². The van der Waals surface area contributed by atoms with E-state index in [1.165, 1.54) is 16.7 Å². The van der Waals surface area contributed by atoms with E-state index in [9.17, 15) is 0 Å². The SMILES string of the molecule is Cc1ccc(CN(C)Cc2nc(-c3ccc(C)cc3)oc2C)cc1. The second kappa shape index (κ2) is 7.02. The molecule has 3 nitrogen and oxygen atoms in total. The molecule has 124 valence electrons. The van der Waals surface area contributed by atoms with Crippen molar-refractivity contribution in [2.24, 2.45) is 0 Å². The molecule has 3 rings (SSSR count). The van der Waals surface area contributed by atoms with Gasteiger partial charge < -0.3 is 4.42 Å². The maximum absolute atomic E-state index is 5.87. The zero-order valence-corrected chi connectivity index (χ0v) is 14.8. The molecule has 3 aromatic rings. The number of aryl methyl sites for hydroxylation is 3. The van der Waals surface area contributed by atoms with Crippen LogP contribution in [0, 0.1) is 20.8 Å². The van der Waals surface area contributed by atoms with E-state index in [0.717, 1.165) is 30.1 Å². The number of hydrogen-bond acceptors (Lipinski definition) is 3. The third kappa shape index (κ3) is 3.92. The van der Waals surface area contributed by atoms with Crippen LogP contribution in [0.4, 0.5) is 0 Å². The van der Waals surface area contributed by atoms with Gasteiger partial charge in [0, 0.05) is 18.7 Å². The molecule has 0 fully saturated rings. The highest BCUT2D eigenvalue weighted by atomic mass is 16.4. The van der Waals surface area contributed by atoms with E-state index in [1.807, 2.05) is 6.92 Å². The van der Waals surface area contributed by atoms with Crippen LogP contribution in [0.3, 0.4) is 0 Å². The van der Waals surface area contributed by atoms with Crippen molar-refractivity contribution in [3.63, 3.8) is 0 Å². The molecule has 0 atom stereocenters. The van der Waals surface area contributed by atoms with E-state index in [2.05, 4.69) is 74.3 Å². The Hall–Kier alpha value is -2.39. The Morgan fingerprint density at radius 2 is 1.42 bits per heavy atom. The molecule has 1 heterocycles. The number of hydrogen-bond donors (Lipinski definition) is 0. The summed E-state index contributed by atoms with van der Waals surface area (Å²) in [7, 11) is 2.11. The number of rotatable bonds is 5. The van der Waals surface area contributed by atoms with Crippen LogP contribution in [0.2, 0.25) is 0 Å². The second-order valence-corrected chi connectivity index (χ2v) is 6.55. The van der Waals surface area contributed by atoms with Crippen molar-refractivity contribution >= 4 is 0 Å². The lowest BCUT2D eigenvalue weighted by Crippen LogP contribution is -2.18. The van der Waals surface area contributed by atoms with Crippen LogP contribution in [-0.4, -0.2) is 16.9 Å². The predicted molar refractivity (Wildman–Crippen MR) is 97.8 cm³/mol. The van der Waals surface area contributed by atoms with Crippen LogP contribution in [0.1, 0.15) is 28.1 Å². The zero-order valence-electron chi connectivity index (χ0n) is 14.8. The molecular weight excluding hydrogens is 296 g/mol. The van der Waals surface area contributed by atoms with Gasteiger partial charge in [0.1, 0.15) is 5.76 Å². The van der Waals surface area contributed by atoms with Gasteiger partial charge in [-0.3, -0.25) is 4.90 Å². The summed E-state index contributed by atoms with van der Waals surface area (Å²) in [4.78, 5) is 6.96. The average Bonchev–Trinajstić information content (AvgIpc) is 2.91. The van der Waals surface area contributed by atoms with Crippen molar-refractivity contribution in [2.75, 3.05) is 7.05 Å². The highest BCUT2D eigenvalue weighted by Gasteiger charge is 2.13. The minimum Gasteiger partial charge on any atom is -0.441 e. The van der Waals surface area contributed by atoms with Gasteiger partial charge in [-0.1, -0.05) is 47.5 Å². The highest BCUT2D eigenvalue weighted by molar-refractivity contribution is 5.54. The summed E-state index contributed by atoms with van der Waals surface area (Å²) < 4.78 is 5.87. The molecule has 0 aliphatic heterocycles. The van der Waals surface area contributed by atoms with Gasteiger partial charge in [0.05, 0.1) is 5.69 Å². The first-order chi connectivity index (χ1) is 11.5. The van der Waals surface area contributed by atoms with Crippen LogP contribution in [0.5, 0.6) is 0 Å². The highest BCUT2D eigenvalue weighted by Crippen LogP contribution is 2.23. The Labute approximate surface area is 144 Å². The number of benzene rings is 2. The van der Waals surface area contributed by atoms with E-state index in [4.69, 9.17) is 9.40 Å². The monoisotopic (exact) mass is 320 g/mol. The maximum atomic E-state index is 5.87. The van der Waals surface area contributed by atoms with Gasteiger partial charge in [0.15, 0.2) is 0 Å². The molecule has 1 aromatic heterocycles. The van der Waals surface area contributed by atoms with Gasteiger partial charge >= 0.3 is 0 Å². The van der Waals surface area contributed by atoms with Crippen LogP contribution < -0.4 is 0 Å². The van der Waals surface area contributed by atoms with Crippen molar-refractivity contribution < 1.29 is 4.42 Å². The third-order valence-corrected chi connectivity index (χ3v) is 4.18. The molecule has 2 aromatic carbocycles. The molecule has 0 aliphatic rings. The molecule has 0 unspecified atom stereocenters. The van der Waals surface area contributed by atoms with Gasteiger partial charge in [0.2, 0.25) is 5.89 Å². The first-order valence-corrected chi connectivity index (χ1v) is 8.28. The van der Waals surface area contributed by atoms with Crippen molar-refractivity contribution in [1.29, 1.82) is 0 Å². The molecule has 0 radical (unpaired) electrons. The fourth-order valence-corrected chi connectivity index (χ4v) is 2.71. The van der Waals surface area contributed by atoms with E-state index < -0.39 is 0 Å². The lowest BCUT2D eigenvalue weighted by atomic mass is 10.1. The average molecular weight is 320 g/mol. The quantitative estimate of drug-likeness (QED) is 0.669. The van der Waals surface area contributed by atoms with Gasteiger partial charge in [0.25, 0.3) is 0 Å². The number of oxazole rings is 1. The minimum absolute atomic E-state index is 0.700. The van der Waals surface area contributed by atoms with Crippen molar-refractivity contribution in [3.8, 4) is 11.5 Å². The molecule has 0 spiro atoms. The van der Waals surface area contributed by atoms with Gasteiger partial charge in [-0.2, -0.15) is 0 Å². The minimum atomic E-state index is 0.700. The lowest BCUT2D eigenvalue weighted by Gasteiger charge is -2.15. The maximum Gasteiger partial charge on any atom is 0.226 e. The first-order valence-electron chi connectivity index (χ1n) is 8.28. The standard InChI is InChI=1S/C21H24N2O/c1-15-5-9-18(10-6-15)13-23(4)14-20-17(3)24-21(22-20)19-11-7-16(2)8-12-19/h5-12H,13-14H2,1-4H3. The van der Waals surface area contributed by atoms with Gasteiger partial charge in [-0.05, 0) is 45.5 Å². The van der Waals surface area contributed by atoms with Crippen molar-refractivity contribution in [2.45, 2.75) is 33.9 Å². The summed E-state index contributed by atoms with van der Waals surface area (Å²) in [6.45, 7) is 7.84. The van der Waals surface area contributed by atoms with Crippen LogP contribution in [0.15, 0.2) is 52.9 Å². The molecule has 0 aliphatic carbocycles. The summed E-state index contributed by atoms with van der Waals surface area (Å²) >= 11 is 0. The molecule has 0 amide bonds. The summed E-state index contributed by atoms with van der Waals surface area (Å²) in [6, 6.07) is 16.9. The van der Waals surface area contributed by atoms with Gasteiger partial charge in [-0.15, -0.1) is 0 Å². The Bertz CT molecular complexity index is 801. The summed E-state index contributed by atoms with van der Waals surface area (Å²) in [5, 5.41) is 0. The fraction of sp³-hybridized carbons (Fsp3) is 0.286. The smallest absolute Gasteiger partial charge is 0.226 e. The van der Waals surface area contributed by atoms with E-state index in [0.29, 0.717) is 5.89 Å². The topological polar surface area (TPSA) is 29.3 Å². The summed E-state index contributed by atoms with van der Waals surface area (Å²) in [5.41, 5.74) is 5.86. The first kappa shape index (κ1) is 16.5. The largest absolute Gasteiger partial charge is 0.441 e. The molecule has 0 N–H and O–H groups in total. The summed E-state index contributed by atoms with van der Waals surface area (Å²) in [5.74, 6) is 1.59. The third-order valence-electron chi connectivity index (χ3n) is 4.18. The summed E-state index contributed by atoms with van der Waals surface area (Å²) in [6.07, 6.45) is 0. The van der Waals surface area contributed by atoms with Crippen LogP contribution in [0.25, 0.3) is 11.5 Å². The molecule has 0 saturated carbocycles. The Morgan fingerprint density at radius 1 is 0.833 bits per heavy atom. The van der Waals surface area contributed by atoms with Crippen LogP contribution >= 0.6 is 0 Å². The molecule has 24 heavy (non-hydrogen) atoms. The van der Waals surface area contributed by atoms with Gasteiger partial charge in [-0.25, -0.2) is 4.98 Å². The predicted octanol–water partition coefficient (Wildman–Crippen LogP) is 4.90. The Kier molecular flexibility index (Phi) is 4.81. The second-order valence-electron chi connectivity index (χ2n) is 6.55. The van der Waals surface area contributed by atoms with Crippen LogP contribution in [-0.2, 0) is 13.1 Å². The van der Waals surface area contributed by atoms with E-state index in [1.54, 1.807) is 0 Å². The molecule has 0 saturated heterocycles. The Morgan fingerprint density at radius 3 is 2.04 bits per heavy atom. The normalized spacial score (nSPS) is 11.2.